The zero-order valence-electron chi connectivity index (χ0n) is 19.8. The second-order valence-electron chi connectivity index (χ2n) is 9.84. The molecule has 0 radical (unpaired) electrons. The van der Waals surface area contributed by atoms with Gasteiger partial charge in [-0.3, -0.25) is 9.78 Å². The molecule has 2 aromatic heterocycles. The molecule has 0 spiro atoms. The van der Waals surface area contributed by atoms with E-state index in [2.05, 4.69) is 27.7 Å². The number of anilines is 1. The third-order valence-corrected chi connectivity index (χ3v) is 5.78. The number of aromatic nitrogens is 2. The first-order valence-corrected chi connectivity index (χ1v) is 11.2. The van der Waals surface area contributed by atoms with Gasteiger partial charge in [-0.15, -0.1) is 0 Å². The second-order valence-corrected chi connectivity index (χ2v) is 9.84. The lowest BCUT2D eigenvalue weighted by molar-refractivity contribution is -0.127. The van der Waals surface area contributed by atoms with Gasteiger partial charge in [-0.25, -0.2) is 4.79 Å². The number of aryl methyl sites for hydroxylation is 2. The number of ether oxygens (including phenoxy) is 1. The Balaban J connectivity index is 1.73. The summed E-state index contributed by atoms with van der Waals surface area (Å²) in [5.41, 5.74) is 2.42. The average molecular weight is 443 g/mol. The molecule has 1 fully saturated rings. The molecule has 174 valence electrons. The fraction of sp³-hybridized carbons (Fsp3) is 0.583. The Morgan fingerprint density at radius 3 is 2.38 bits per heavy atom. The van der Waals surface area contributed by atoms with Crippen molar-refractivity contribution < 1.29 is 18.8 Å². The van der Waals surface area contributed by atoms with Crippen molar-refractivity contribution in [1.29, 1.82) is 0 Å². The van der Waals surface area contributed by atoms with E-state index in [1.807, 2.05) is 40.7 Å². The van der Waals surface area contributed by atoms with E-state index in [-0.39, 0.29) is 11.8 Å². The number of hydrogen-bond acceptors (Lipinski definition) is 6. The van der Waals surface area contributed by atoms with Gasteiger partial charge in [0.1, 0.15) is 5.76 Å². The standard InChI is InChI=1S/C24H34N4O4/c1-14-7-9-17(10-8-14)21(31-23(30)27-24(4,5)6)22(29)26-18-11-12-19(25-13-18)20-15(2)28-32-16(20)3/h11-14,17,21H,7-10H2,1-6H3,(H,26,29)(H,27,30). The van der Waals surface area contributed by atoms with Crippen LogP contribution in [0.15, 0.2) is 22.9 Å². The zero-order valence-corrected chi connectivity index (χ0v) is 19.8. The van der Waals surface area contributed by atoms with Crippen LogP contribution in [0.25, 0.3) is 11.3 Å². The number of carbonyl (C=O) groups excluding carboxylic acids is 2. The molecule has 0 saturated heterocycles. The molecule has 8 heteroatoms. The average Bonchev–Trinajstić information content (AvgIpc) is 3.04. The third kappa shape index (κ3) is 6.08. The zero-order chi connectivity index (χ0) is 23.5. The van der Waals surface area contributed by atoms with Gasteiger partial charge in [-0.2, -0.15) is 0 Å². The summed E-state index contributed by atoms with van der Waals surface area (Å²) in [4.78, 5) is 30.0. The molecule has 1 atom stereocenters. The number of carbonyl (C=O) groups is 2. The predicted octanol–water partition coefficient (Wildman–Crippen LogP) is 5.01. The summed E-state index contributed by atoms with van der Waals surface area (Å²) in [6.07, 6.45) is 3.90. The molecule has 0 aromatic carbocycles. The maximum atomic E-state index is 13.1. The van der Waals surface area contributed by atoms with Crippen LogP contribution in [0.5, 0.6) is 0 Å². The molecule has 0 aliphatic heterocycles. The first kappa shape index (κ1) is 23.8. The molecular weight excluding hydrogens is 408 g/mol. The second kappa shape index (κ2) is 9.71. The van der Waals surface area contributed by atoms with Crippen molar-refractivity contribution in [3.8, 4) is 11.3 Å². The third-order valence-electron chi connectivity index (χ3n) is 5.78. The van der Waals surface area contributed by atoms with Crippen LogP contribution in [-0.2, 0) is 9.53 Å². The van der Waals surface area contributed by atoms with E-state index in [1.54, 1.807) is 12.3 Å². The van der Waals surface area contributed by atoms with Crippen LogP contribution >= 0.6 is 0 Å². The molecule has 1 unspecified atom stereocenters. The van der Waals surface area contributed by atoms with E-state index in [9.17, 15) is 9.59 Å². The summed E-state index contributed by atoms with van der Waals surface area (Å²) in [6.45, 7) is 11.5. The first-order chi connectivity index (χ1) is 15.0. The molecule has 1 saturated carbocycles. The van der Waals surface area contributed by atoms with E-state index in [0.29, 0.717) is 17.4 Å². The summed E-state index contributed by atoms with van der Waals surface area (Å²) >= 11 is 0. The van der Waals surface area contributed by atoms with Crippen LogP contribution in [0, 0.1) is 25.7 Å². The summed E-state index contributed by atoms with van der Waals surface area (Å²) in [5, 5.41) is 9.61. The van der Waals surface area contributed by atoms with Gasteiger partial charge in [0, 0.05) is 11.5 Å². The quantitative estimate of drug-likeness (QED) is 0.674. The van der Waals surface area contributed by atoms with Crippen molar-refractivity contribution in [2.45, 2.75) is 78.9 Å². The Morgan fingerprint density at radius 2 is 1.84 bits per heavy atom. The van der Waals surface area contributed by atoms with Gasteiger partial charge in [0.25, 0.3) is 5.91 Å². The Morgan fingerprint density at radius 1 is 1.16 bits per heavy atom. The summed E-state index contributed by atoms with van der Waals surface area (Å²) in [7, 11) is 0. The lowest BCUT2D eigenvalue weighted by atomic mass is 9.80. The lowest BCUT2D eigenvalue weighted by Gasteiger charge is -2.32. The number of amides is 2. The minimum atomic E-state index is -0.855. The summed E-state index contributed by atoms with van der Waals surface area (Å²) < 4.78 is 10.9. The minimum Gasteiger partial charge on any atom is -0.436 e. The number of alkyl carbamates (subject to hydrolysis) is 1. The van der Waals surface area contributed by atoms with E-state index in [1.165, 1.54) is 0 Å². The molecule has 2 aromatic rings. The molecule has 3 rings (SSSR count). The molecule has 0 bridgehead atoms. The monoisotopic (exact) mass is 442 g/mol. The number of nitrogens with one attached hydrogen (secondary N) is 2. The Bertz CT molecular complexity index is 918. The van der Waals surface area contributed by atoms with E-state index in [4.69, 9.17) is 9.26 Å². The Kier molecular flexibility index (Phi) is 7.21. The topological polar surface area (TPSA) is 106 Å². The van der Waals surface area contributed by atoms with Gasteiger partial charge in [-0.05, 0) is 65.5 Å². The van der Waals surface area contributed by atoms with Gasteiger partial charge in [0.2, 0.25) is 0 Å². The molecule has 1 aliphatic rings. The van der Waals surface area contributed by atoms with Crippen molar-refractivity contribution in [2.75, 3.05) is 5.32 Å². The van der Waals surface area contributed by atoms with Gasteiger partial charge in [0.15, 0.2) is 6.10 Å². The van der Waals surface area contributed by atoms with E-state index < -0.39 is 17.7 Å². The van der Waals surface area contributed by atoms with Crippen molar-refractivity contribution >= 4 is 17.7 Å². The van der Waals surface area contributed by atoms with Crippen LogP contribution in [0.3, 0.4) is 0 Å². The van der Waals surface area contributed by atoms with Gasteiger partial charge >= 0.3 is 6.09 Å². The highest BCUT2D eigenvalue weighted by Crippen LogP contribution is 2.32. The SMILES string of the molecule is Cc1noc(C)c1-c1ccc(NC(=O)C(OC(=O)NC(C)(C)C)C2CCC(C)CC2)cn1. The molecular formula is C24H34N4O4. The first-order valence-electron chi connectivity index (χ1n) is 11.2. The fourth-order valence-corrected chi connectivity index (χ4v) is 4.08. The molecule has 8 nitrogen and oxygen atoms in total. The Labute approximate surface area is 189 Å². The number of pyridine rings is 1. The predicted molar refractivity (Wildman–Crippen MR) is 122 cm³/mol. The molecule has 2 heterocycles. The number of nitrogens with zero attached hydrogens (tertiary/aromatic N) is 2. The number of rotatable bonds is 5. The minimum absolute atomic E-state index is 0.00791. The van der Waals surface area contributed by atoms with Gasteiger partial charge < -0.3 is 19.9 Å². The van der Waals surface area contributed by atoms with Gasteiger partial charge in [0.05, 0.1) is 28.8 Å². The molecule has 32 heavy (non-hydrogen) atoms. The number of hydrogen-bond donors (Lipinski definition) is 2. The molecule has 2 N–H and O–H groups in total. The van der Waals surface area contributed by atoms with E-state index in [0.717, 1.165) is 42.6 Å². The lowest BCUT2D eigenvalue weighted by Crippen LogP contribution is -2.46. The van der Waals surface area contributed by atoms with Crippen molar-refractivity contribution in [1.82, 2.24) is 15.5 Å². The molecule has 1 aliphatic carbocycles. The van der Waals surface area contributed by atoms with Crippen LogP contribution in [0.4, 0.5) is 10.5 Å². The normalized spacial score (nSPS) is 19.8. The van der Waals surface area contributed by atoms with Crippen LogP contribution in [-0.4, -0.2) is 33.8 Å². The summed E-state index contributed by atoms with van der Waals surface area (Å²) in [6, 6.07) is 3.59. The van der Waals surface area contributed by atoms with Gasteiger partial charge in [-0.1, -0.05) is 24.9 Å². The van der Waals surface area contributed by atoms with E-state index >= 15 is 0 Å². The molecule has 2 amide bonds. The van der Waals surface area contributed by atoms with Crippen LogP contribution in [0.2, 0.25) is 0 Å². The van der Waals surface area contributed by atoms with Crippen molar-refractivity contribution in [2.24, 2.45) is 11.8 Å². The highest BCUT2D eigenvalue weighted by Gasteiger charge is 2.35. The summed E-state index contributed by atoms with van der Waals surface area (Å²) in [5.74, 6) is 0.975. The van der Waals surface area contributed by atoms with Crippen molar-refractivity contribution in [3.05, 3.63) is 29.8 Å². The van der Waals surface area contributed by atoms with Crippen LogP contribution < -0.4 is 10.6 Å². The maximum Gasteiger partial charge on any atom is 0.408 e. The highest BCUT2D eigenvalue weighted by atomic mass is 16.6. The smallest absolute Gasteiger partial charge is 0.408 e. The van der Waals surface area contributed by atoms with Crippen LogP contribution in [0.1, 0.15) is 64.8 Å². The Hall–Kier alpha value is -2.90. The largest absolute Gasteiger partial charge is 0.436 e. The highest BCUT2D eigenvalue weighted by molar-refractivity contribution is 5.95. The van der Waals surface area contributed by atoms with Crippen molar-refractivity contribution in [3.63, 3.8) is 0 Å². The maximum absolute atomic E-state index is 13.1. The fourth-order valence-electron chi connectivity index (χ4n) is 4.08.